The van der Waals surface area contributed by atoms with Gasteiger partial charge in [0.05, 0.1) is 5.70 Å². The van der Waals surface area contributed by atoms with Crippen LogP contribution >= 0.6 is 0 Å². The van der Waals surface area contributed by atoms with Gasteiger partial charge in [-0.05, 0) is 68.0 Å². The molecule has 1 heterocycles. The van der Waals surface area contributed by atoms with Gasteiger partial charge in [-0.3, -0.25) is 10.4 Å². The second-order valence-corrected chi connectivity index (χ2v) is 7.75. The minimum absolute atomic E-state index is 0.0148. The van der Waals surface area contributed by atoms with Gasteiger partial charge in [-0.2, -0.15) is 0 Å². The van der Waals surface area contributed by atoms with Gasteiger partial charge in [-0.1, -0.05) is 42.5 Å². The first kappa shape index (κ1) is 22.3. The van der Waals surface area contributed by atoms with Crippen molar-refractivity contribution in [2.45, 2.75) is 32.6 Å². The maximum atomic E-state index is 7.25. The number of nitrogens with two attached hydrogens (primary N) is 2. The Morgan fingerprint density at radius 3 is 2.42 bits per heavy atom. The summed E-state index contributed by atoms with van der Waals surface area (Å²) in [5.74, 6) is 0.0148. The van der Waals surface area contributed by atoms with E-state index in [0.29, 0.717) is 13.1 Å². The van der Waals surface area contributed by atoms with Crippen LogP contribution in [-0.4, -0.2) is 25.3 Å². The number of benzene rings is 2. The summed E-state index contributed by atoms with van der Waals surface area (Å²) < 4.78 is 0. The molecule has 1 aliphatic heterocycles. The van der Waals surface area contributed by atoms with Gasteiger partial charge in [0.25, 0.3) is 0 Å². The monoisotopic (exact) mass is 413 g/mol. The predicted molar refractivity (Wildman–Crippen MR) is 131 cm³/mol. The summed E-state index contributed by atoms with van der Waals surface area (Å²) in [6.07, 6.45) is 7.78. The molecule has 3 rings (SSSR count). The molecule has 0 aromatic heterocycles. The van der Waals surface area contributed by atoms with E-state index in [1.807, 2.05) is 13.1 Å². The zero-order chi connectivity index (χ0) is 22.1. The van der Waals surface area contributed by atoms with Crippen LogP contribution < -0.4 is 16.8 Å². The highest BCUT2D eigenvalue weighted by molar-refractivity contribution is 5.93. The van der Waals surface area contributed by atoms with Gasteiger partial charge in [0.15, 0.2) is 5.96 Å². The zero-order valence-corrected chi connectivity index (χ0v) is 18.1. The number of nitrogens with one attached hydrogen (secondary N) is 2. The van der Waals surface area contributed by atoms with Crippen molar-refractivity contribution < 1.29 is 0 Å². The average molecular weight is 414 g/mol. The molecule has 0 radical (unpaired) electrons. The van der Waals surface area contributed by atoms with Crippen molar-refractivity contribution in [3.05, 3.63) is 88.2 Å². The summed E-state index contributed by atoms with van der Waals surface area (Å²) in [4.78, 5) is 4.73. The summed E-state index contributed by atoms with van der Waals surface area (Å²) >= 11 is 0. The van der Waals surface area contributed by atoms with Crippen LogP contribution in [0.2, 0.25) is 0 Å². The van der Waals surface area contributed by atoms with Crippen molar-refractivity contribution >= 4 is 23.4 Å². The van der Waals surface area contributed by atoms with Gasteiger partial charge in [0.1, 0.15) is 0 Å². The molecule has 0 fully saturated rings. The molecule has 5 heteroatoms. The third kappa shape index (κ3) is 6.82. The number of aliphatic imine (C=N–C) groups is 1. The molecule has 0 amide bonds. The van der Waals surface area contributed by atoms with Gasteiger partial charge >= 0.3 is 0 Å². The topological polar surface area (TPSA) is 100 Å². The lowest BCUT2D eigenvalue weighted by Gasteiger charge is -2.08. The maximum absolute atomic E-state index is 7.25. The molecule has 0 saturated carbocycles. The van der Waals surface area contributed by atoms with Gasteiger partial charge in [-0.25, -0.2) is 0 Å². The van der Waals surface area contributed by atoms with Crippen molar-refractivity contribution in [3.8, 4) is 0 Å². The van der Waals surface area contributed by atoms with E-state index >= 15 is 0 Å². The summed E-state index contributed by atoms with van der Waals surface area (Å²) in [5, 5.41) is 10.1. The highest BCUT2D eigenvalue weighted by Crippen LogP contribution is 2.26. The van der Waals surface area contributed by atoms with Crippen molar-refractivity contribution in [1.82, 2.24) is 5.32 Å². The second-order valence-electron chi connectivity index (χ2n) is 7.75. The molecule has 2 aromatic rings. The van der Waals surface area contributed by atoms with Crippen LogP contribution in [0, 0.1) is 5.41 Å². The summed E-state index contributed by atoms with van der Waals surface area (Å²) in [6, 6.07) is 17.1. The third-order valence-corrected chi connectivity index (χ3v) is 5.10. The number of aryl methyl sites for hydroxylation is 2. The molecule has 0 saturated heterocycles. The standard InChI is InChI=1S/C26H31N5/c1-19-14-24(22-10-2-6-20(15-22)8-4-12-27)17-25(31-18-19)23-11-3-7-21(16-23)9-5-13-30-26(28)29/h2-3,6-7,10-11,15-18H,4-5,8-9,12-13,27H2,1H3,(H4,28,29,30). The third-order valence-electron chi connectivity index (χ3n) is 5.10. The lowest BCUT2D eigenvalue weighted by Crippen LogP contribution is -2.31. The SMILES string of the molecule is CC1=C=C(c2cccc(CCCN)c2)C=C(c2cccc(CCCNC(=N)N)c2)N=C1. The Morgan fingerprint density at radius 1 is 1.03 bits per heavy atom. The van der Waals surface area contributed by atoms with Gasteiger partial charge in [-0.15, -0.1) is 5.73 Å². The van der Waals surface area contributed by atoms with Crippen LogP contribution in [0.3, 0.4) is 0 Å². The number of nitrogens with zero attached hydrogens (tertiary/aromatic N) is 1. The molecule has 2 aromatic carbocycles. The second kappa shape index (κ2) is 11.1. The number of guanidine groups is 1. The molecular weight excluding hydrogens is 382 g/mol. The van der Waals surface area contributed by atoms with Crippen molar-refractivity contribution in [2.75, 3.05) is 13.1 Å². The van der Waals surface area contributed by atoms with Crippen LogP contribution in [0.25, 0.3) is 11.3 Å². The first-order chi connectivity index (χ1) is 15.0. The highest BCUT2D eigenvalue weighted by atomic mass is 15.0. The quantitative estimate of drug-likeness (QED) is 0.216. The van der Waals surface area contributed by atoms with Crippen LogP contribution in [0.1, 0.15) is 42.0 Å². The molecule has 0 unspecified atom stereocenters. The molecule has 5 nitrogen and oxygen atoms in total. The van der Waals surface area contributed by atoms with E-state index in [2.05, 4.69) is 65.7 Å². The van der Waals surface area contributed by atoms with E-state index < -0.39 is 0 Å². The van der Waals surface area contributed by atoms with E-state index in [9.17, 15) is 0 Å². The first-order valence-corrected chi connectivity index (χ1v) is 10.7. The van der Waals surface area contributed by atoms with Crippen LogP contribution in [0.5, 0.6) is 0 Å². The van der Waals surface area contributed by atoms with Crippen molar-refractivity contribution in [2.24, 2.45) is 16.5 Å². The van der Waals surface area contributed by atoms with E-state index in [1.54, 1.807) is 0 Å². The lowest BCUT2D eigenvalue weighted by molar-refractivity contribution is 0.767. The van der Waals surface area contributed by atoms with Crippen molar-refractivity contribution in [3.63, 3.8) is 0 Å². The molecule has 0 bridgehead atoms. The molecule has 160 valence electrons. The number of rotatable bonds is 9. The Kier molecular flexibility index (Phi) is 7.99. The van der Waals surface area contributed by atoms with Gasteiger partial charge in [0, 0.05) is 29.5 Å². The molecular formula is C26H31N5. The Labute approximate surface area is 184 Å². The average Bonchev–Trinajstić information content (AvgIpc) is 2.97. The van der Waals surface area contributed by atoms with E-state index in [1.165, 1.54) is 11.1 Å². The zero-order valence-electron chi connectivity index (χ0n) is 18.1. The van der Waals surface area contributed by atoms with E-state index in [-0.39, 0.29) is 5.96 Å². The first-order valence-electron chi connectivity index (χ1n) is 10.7. The Balaban J connectivity index is 1.83. The lowest BCUT2D eigenvalue weighted by atomic mass is 9.98. The van der Waals surface area contributed by atoms with Crippen molar-refractivity contribution in [1.29, 1.82) is 5.41 Å². The van der Waals surface area contributed by atoms with Crippen LogP contribution in [0.4, 0.5) is 0 Å². The molecule has 31 heavy (non-hydrogen) atoms. The predicted octanol–water partition coefficient (Wildman–Crippen LogP) is 4.05. The summed E-state index contributed by atoms with van der Waals surface area (Å²) in [5.41, 5.74) is 22.2. The van der Waals surface area contributed by atoms with Gasteiger partial charge in [0.2, 0.25) is 0 Å². The van der Waals surface area contributed by atoms with E-state index in [4.69, 9.17) is 21.9 Å². The molecule has 1 aliphatic rings. The molecule has 0 aliphatic carbocycles. The Bertz CT molecular complexity index is 1050. The highest BCUT2D eigenvalue weighted by Gasteiger charge is 2.08. The number of hydrogen-bond acceptors (Lipinski definition) is 3. The van der Waals surface area contributed by atoms with E-state index in [0.717, 1.165) is 53.7 Å². The molecule has 0 atom stereocenters. The fourth-order valence-electron chi connectivity index (χ4n) is 3.54. The molecule has 0 spiro atoms. The normalized spacial score (nSPS) is 13.2. The van der Waals surface area contributed by atoms with Crippen LogP contribution in [0.15, 0.2) is 70.9 Å². The Hall–Kier alpha value is -3.40. The minimum Gasteiger partial charge on any atom is -0.370 e. The summed E-state index contributed by atoms with van der Waals surface area (Å²) in [6.45, 7) is 3.42. The number of allylic oxidation sites excluding steroid dienone is 2. The summed E-state index contributed by atoms with van der Waals surface area (Å²) in [7, 11) is 0. The van der Waals surface area contributed by atoms with Gasteiger partial charge < -0.3 is 16.8 Å². The largest absolute Gasteiger partial charge is 0.370 e. The maximum Gasteiger partial charge on any atom is 0.185 e. The minimum atomic E-state index is 0.0148. The number of hydrogen-bond donors (Lipinski definition) is 4. The molecule has 6 N–H and O–H groups in total. The van der Waals surface area contributed by atoms with Crippen LogP contribution in [-0.2, 0) is 12.8 Å². The fourth-order valence-corrected chi connectivity index (χ4v) is 3.54. The smallest absolute Gasteiger partial charge is 0.185 e. The Morgan fingerprint density at radius 2 is 1.71 bits per heavy atom. The fraction of sp³-hybridized carbons (Fsp3) is 0.269.